The molecule has 2 atom stereocenters. The topological polar surface area (TPSA) is 50.4 Å². The maximum absolute atomic E-state index is 12.7. The van der Waals surface area contributed by atoms with E-state index in [1.54, 1.807) is 7.11 Å². The summed E-state index contributed by atoms with van der Waals surface area (Å²) in [5, 5.41) is 9.18. The van der Waals surface area contributed by atoms with E-state index in [1.807, 2.05) is 0 Å². The minimum Gasteiger partial charge on any atom is -0.384 e. The number of benzene rings is 2. The number of rotatable bonds is 6. The van der Waals surface area contributed by atoms with Crippen LogP contribution in [0.5, 0.6) is 0 Å². The lowest BCUT2D eigenvalue weighted by Gasteiger charge is -2.37. The van der Waals surface area contributed by atoms with Crippen molar-refractivity contribution in [1.29, 1.82) is 0 Å². The first-order valence-electron chi connectivity index (χ1n) is 9.67. The van der Waals surface area contributed by atoms with Gasteiger partial charge in [0, 0.05) is 25.0 Å². The Morgan fingerprint density at radius 3 is 2.70 bits per heavy atom. The molecule has 2 aliphatic rings. The number of amides is 1. The first kappa shape index (κ1) is 20.1. The van der Waals surface area contributed by atoms with E-state index in [4.69, 9.17) is 4.74 Å². The van der Waals surface area contributed by atoms with Gasteiger partial charge in [-0.25, -0.2) is 0 Å². The Balaban J connectivity index is 0.00000210. The number of carbonyl (C=O) groups is 1. The van der Waals surface area contributed by atoms with Gasteiger partial charge in [0.1, 0.15) is 0 Å². The number of carbonyl (C=O) groups excluding carboxylic acids is 1. The van der Waals surface area contributed by atoms with Crippen LogP contribution in [-0.2, 0) is 9.53 Å². The molecule has 0 radical (unpaired) electrons. The second kappa shape index (κ2) is 8.59. The summed E-state index contributed by atoms with van der Waals surface area (Å²) in [6.45, 7) is 3.44. The van der Waals surface area contributed by atoms with E-state index in [0.717, 1.165) is 38.9 Å². The first-order chi connectivity index (χ1) is 12.7. The van der Waals surface area contributed by atoms with Crippen LogP contribution in [-0.4, -0.2) is 39.3 Å². The van der Waals surface area contributed by atoms with Crippen molar-refractivity contribution in [1.82, 2.24) is 10.6 Å². The van der Waals surface area contributed by atoms with Crippen molar-refractivity contribution in [2.75, 3.05) is 33.4 Å². The van der Waals surface area contributed by atoms with Gasteiger partial charge < -0.3 is 15.4 Å². The predicted molar refractivity (Wildman–Crippen MR) is 111 cm³/mol. The Labute approximate surface area is 167 Å². The van der Waals surface area contributed by atoms with Gasteiger partial charge in [0.15, 0.2) is 0 Å². The van der Waals surface area contributed by atoms with Crippen LogP contribution >= 0.6 is 12.4 Å². The summed E-state index contributed by atoms with van der Waals surface area (Å²) in [6, 6.07) is 14.9. The molecule has 2 aromatic carbocycles. The van der Waals surface area contributed by atoms with Crippen molar-refractivity contribution in [3.05, 3.63) is 48.0 Å². The van der Waals surface area contributed by atoms with Crippen LogP contribution in [0.4, 0.5) is 0 Å². The molecule has 2 aromatic rings. The fraction of sp³-hybridized carbons (Fsp3) is 0.500. The van der Waals surface area contributed by atoms with E-state index in [2.05, 4.69) is 53.1 Å². The van der Waals surface area contributed by atoms with E-state index in [-0.39, 0.29) is 29.6 Å². The fourth-order valence-electron chi connectivity index (χ4n) is 4.44. The molecular formula is C22H29ClN2O2. The van der Waals surface area contributed by atoms with Crippen molar-refractivity contribution in [2.45, 2.75) is 25.2 Å². The Kier molecular flexibility index (Phi) is 6.40. The highest BCUT2D eigenvalue weighted by molar-refractivity contribution is 5.89. The average molecular weight is 389 g/mol. The number of ether oxygens (including phenoxy) is 1. The van der Waals surface area contributed by atoms with E-state index in [9.17, 15) is 4.79 Å². The van der Waals surface area contributed by atoms with Crippen LogP contribution in [0.1, 0.15) is 30.7 Å². The third kappa shape index (κ3) is 4.29. The average Bonchev–Trinajstić information content (AvgIpc) is 3.47. The summed E-state index contributed by atoms with van der Waals surface area (Å²) < 4.78 is 5.45. The number of nitrogens with one attached hydrogen (secondary N) is 2. The molecule has 0 spiro atoms. The van der Waals surface area contributed by atoms with Gasteiger partial charge in [-0.1, -0.05) is 42.5 Å². The maximum Gasteiger partial charge on any atom is 0.223 e. The van der Waals surface area contributed by atoms with Gasteiger partial charge >= 0.3 is 0 Å². The molecule has 2 fully saturated rings. The van der Waals surface area contributed by atoms with E-state index < -0.39 is 0 Å². The summed E-state index contributed by atoms with van der Waals surface area (Å²) in [4.78, 5) is 12.7. The van der Waals surface area contributed by atoms with Crippen molar-refractivity contribution < 1.29 is 9.53 Å². The molecule has 2 N–H and O–H groups in total. The molecule has 0 bridgehead atoms. The summed E-state index contributed by atoms with van der Waals surface area (Å²) in [5.74, 6) is 0.673. The summed E-state index contributed by atoms with van der Waals surface area (Å²) >= 11 is 0. The van der Waals surface area contributed by atoms with Gasteiger partial charge in [-0.2, -0.15) is 0 Å². The van der Waals surface area contributed by atoms with Crippen molar-refractivity contribution >= 4 is 29.1 Å². The summed E-state index contributed by atoms with van der Waals surface area (Å²) in [6.07, 6.45) is 3.07. The van der Waals surface area contributed by atoms with Crippen LogP contribution in [0.3, 0.4) is 0 Å². The van der Waals surface area contributed by atoms with Crippen LogP contribution in [0, 0.1) is 11.3 Å². The van der Waals surface area contributed by atoms with Crippen LogP contribution in [0.2, 0.25) is 0 Å². The molecule has 1 aliphatic heterocycles. The molecule has 5 heteroatoms. The normalized spacial score (nSPS) is 23.4. The molecule has 4 nitrogen and oxygen atoms in total. The lowest BCUT2D eigenvalue weighted by atomic mass is 9.79. The third-order valence-electron chi connectivity index (χ3n) is 6.10. The van der Waals surface area contributed by atoms with Crippen molar-refractivity contribution in [3.63, 3.8) is 0 Å². The first-order valence-corrected chi connectivity index (χ1v) is 9.67. The number of methoxy groups -OCH3 is 1. The standard InChI is InChI=1S/C22H28N2O2.ClH/c1-26-15-22(9-11-23-12-10-22)14-24-21(25)20-13-19(20)18-8-4-6-16-5-2-3-7-17(16)18;/h2-8,19-20,23H,9-15H2,1H3,(H,24,25);1H. The zero-order valence-corrected chi connectivity index (χ0v) is 16.7. The quantitative estimate of drug-likeness (QED) is 0.796. The van der Waals surface area contributed by atoms with E-state index in [1.165, 1.54) is 16.3 Å². The third-order valence-corrected chi connectivity index (χ3v) is 6.10. The van der Waals surface area contributed by atoms with Gasteiger partial charge in [0.05, 0.1) is 6.61 Å². The Bertz CT molecular complexity index is 778. The number of fused-ring (bicyclic) bond motifs is 1. The highest BCUT2D eigenvalue weighted by Crippen LogP contribution is 2.49. The van der Waals surface area contributed by atoms with Crippen molar-refractivity contribution in [2.24, 2.45) is 11.3 Å². The Morgan fingerprint density at radius 2 is 1.93 bits per heavy atom. The Morgan fingerprint density at radius 1 is 1.19 bits per heavy atom. The molecule has 1 amide bonds. The second-order valence-electron chi connectivity index (χ2n) is 7.92. The smallest absolute Gasteiger partial charge is 0.223 e. The van der Waals surface area contributed by atoms with Crippen LogP contribution in [0.25, 0.3) is 10.8 Å². The lowest BCUT2D eigenvalue weighted by Crippen LogP contribution is -2.47. The highest BCUT2D eigenvalue weighted by Gasteiger charge is 2.45. The minimum atomic E-state index is 0. The van der Waals surface area contributed by atoms with Gasteiger partial charge in [-0.3, -0.25) is 4.79 Å². The minimum absolute atomic E-state index is 0. The molecule has 2 unspecified atom stereocenters. The molecule has 1 heterocycles. The van der Waals surface area contributed by atoms with E-state index >= 15 is 0 Å². The number of hydrogen-bond donors (Lipinski definition) is 2. The Hall–Kier alpha value is -1.62. The van der Waals surface area contributed by atoms with Crippen LogP contribution < -0.4 is 10.6 Å². The molecule has 27 heavy (non-hydrogen) atoms. The van der Waals surface area contributed by atoms with Gasteiger partial charge in [0.2, 0.25) is 5.91 Å². The summed E-state index contributed by atoms with van der Waals surface area (Å²) in [7, 11) is 1.75. The maximum atomic E-state index is 12.7. The predicted octanol–water partition coefficient (Wildman–Crippen LogP) is 3.50. The lowest BCUT2D eigenvalue weighted by molar-refractivity contribution is -0.123. The largest absolute Gasteiger partial charge is 0.384 e. The van der Waals surface area contributed by atoms with Gasteiger partial charge in [0.25, 0.3) is 0 Å². The summed E-state index contributed by atoms with van der Waals surface area (Å²) in [5.41, 5.74) is 1.40. The number of hydrogen-bond acceptors (Lipinski definition) is 3. The van der Waals surface area contributed by atoms with E-state index in [0.29, 0.717) is 12.5 Å². The molecule has 1 saturated heterocycles. The zero-order valence-electron chi connectivity index (χ0n) is 15.9. The second-order valence-corrected chi connectivity index (χ2v) is 7.92. The number of piperidine rings is 1. The highest BCUT2D eigenvalue weighted by atomic mass is 35.5. The SMILES string of the molecule is COCC1(CNC(=O)C2CC2c2cccc3ccccc23)CCNCC1.Cl. The molecule has 1 saturated carbocycles. The molecule has 4 rings (SSSR count). The molecular weight excluding hydrogens is 360 g/mol. The zero-order chi connectivity index (χ0) is 18.0. The molecule has 146 valence electrons. The van der Waals surface area contributed by atoms with Gasteiger partial charge in [-0.15, -0.1) is 12.4 Å². The molecule has 0 aromatic heterocycles. The van der Waals surface area contributed by atoms with Gasteiger partial charge in [-0.05, 0) is 54.6 Å². The number of halogens is 1. The van der Waals surface area contributed by atoms with Crippen molar-refractivity contribution in [3.8, 4) is 0 Å². The monoisotopic (exact) mass is 388 g/mol. The fourth-order valence-corrected chi connectivity index (χ4v) is 4.44. The van der Waals surface area contributed by atoms with Crippen LogP contribution in [0.15, 0.2) is 42.5 Å². The molecule has 1 aliphatic carbocycles.